The van der Waals surface area contributed by atoms with Gasteiger partial charge in [0, 0.05) is 24.5 Å². The van der Waals surface area contributed by atoms with Gasteiger partial charge in [-0.05, 0) is 44.9 Å². The maximum atomic E-state index is 14.1. The Morgan fingerprint density at radius 3 is 2.53 bits per heavy atom. The average Bonchev–Trinajstić information content (AvgIpc) is 2.72. The Labute approximate surface area is 114 Å². The lowest BCUT2D eigenvalue weighted by molar-refractivity contribution is 0.170. The molecular formula is C16H21FN2. The second-order valence-corrected chi connectivity index (χ2v) is 6.44. The minimum Gasteiger partial charge on any atom is -0.297 e. The van der Waals surface area contributed by atoms with E-state index in [0.717, 1.165) is 18.7 Å². The molecule has 2 rings (SSSR count). The van der Waals surface area contributed by atoms with Gasteiger partial charge in [-0.1, -0.05) is 12.1 Å². The zero-order chi connectivity index (χ0) is 14.2. The fourth-order valence-electron chi connectivity index (χ4n) is 2.73. The van der Waals surface area contributed by atoms with Crippen LogP contribution in [0.5, 0.6) is 0 Å². The normalized spacial score (nSPS) is 24.4. The molecule has 19 heavy (non-hydrogen) atoms. The minimum atomic E-state index is -0.180. The van der Waals surface area contributed by atoms with Crippen LogP contribution in [-0.2, 0) is 0 Å². The number of likely N-dealkylation sites (tertiary alicyclic amines) is 1. The van der Waals surface area contributed by atoms with Crippen LogP contribution in [0.3, 0.4) is 0 Å². The van der Waals surface area contributed by atoms with Gasteiger partial charge in [0.15, 0.2) is 0 Å². The topological polar surface area (TPSA) is 27.0 Å². The number of hydrogen-bond donors (Lipinski definition) is 0. The number of halogens is 1. The highest BCUT2D eigenvalue weighted by molar-refractivity contribution is 5.30. The molecule has 0 radical (unpaired) electrons. The summed E-state index contributed by atoms with van der Waals surface area (Å²) in [5, 5.41) is 9.33. The lowest BCUT2D eigenvalue weighted by Gasteiger charge is -2.31. The van der Waals surface area contributed by atoms with Crippen molar-refractivity contribution in [2.24, 2.45) is 5.92 Å². The van der Waals surface area contributed by atoms with E-state index in [0.29, 0.717) is 5.56 Å². The van der Waals surface area contributed by atoms with Crippen LogP contribution >= 0.6 is 0 Å². The van der Waals surface area contributed by atoms with E-state index >= 15 is 0 Å². The van der Waals surface area contributed by atoms with Crippen molar-refractivity contribution in [3.63, 3.8) is 0 Å². The van der Waals surface area contributed by atoms with Crippen molar-refractivity contribution in [3.05, 3.63) is 35.1 Å². The standard InChI is InChI=1S/C16H21FN2/c1-11-5-6-13(15(17)7-11)14-10-19(16(2,3)4)9-12(14)8-18/h5-7,12,14H,9-10H2,1-4H3/t12-,14-/m0/s1. The van der Waals surface area contributed by atoms with Crippen molar-refractivity contribution in [1.29, 1.82) is 5.26 Å². The molecule has 1 fully saturated rings. The Morgan fingerprint density at radius 2 is 2.00 bits per heavy atom. The SMILES string of the molecule is Cc1ccc([C@H]2CN(C(C)(C)C)C[C@@H]2C#N)c(F)c1. The molecule has 2 nitrogen and oxygen atoms in total. The second-order valence-electron chi connectivity index (χ2n) is 6.44. The van der Waals surface area contributed by atoms with E-state index in [2.05, 4.69) is 31.7 Å². The molecule has 1 saturated heterocycles. The van der Waals surface area contributed by atoms with E-state index in [4.69, 9.17) is 0 Å². The van der Waals surface area contributed by atoms with Crippen molar-refractivity contribution in [2.75, 3.05) is 13.1 Å². The number of rotatable bonds is 1. The Bertz CT molecular complexity index is 510. The van der Waals surface area contributed by atoms with E-state index in [9.17, 15) is 9.65 Å². The molecule has 0 amide bonds. The monoisotopic (exact) mass is 260 g/mol. The number of nitriles is 1. The summed E-state index contributed by atoms with van der Waals surface area (Å²) < 4.78 is 14.1. The highest BCUT2D eigenvalue weighted by atomic mass is 19.1. The first-order valence-corrected chi connectivity index (χ1v) is 6.73. The third-order valence-corrected chi connectivity index (χ3v) is 3.99. The summed E-state index contributed by atoms with van der Waals surface area (Å²) in [7, 11) is 0. The number of benzene rings is 1. The predicted molar refractivity (Wildman–Crippen MR) is 74.3 cm³/mol. The second kappa shape index (κ2) is 4.94. The quantitative estimate of drug-likeness (QED) is 0.773. The molecule has 0 unspecified atom stereocenters. The smallest absolute Gasteiger partial charge is 0.127 e. The molecule has 0 saturated carbocycles. The Balaban J connectivity index is 2.31. The van der Waals surface area contributed by atoms with Gasteiger partial charge in [0.05, 0.1) is 12.0 Å². The van der Waals surface area contributed by atoms with Crippen molar-refractivity contribution >= 4 is 0 Å². The van der Waals surface area contributed by atoms with Gasteiger partial charge >= 0.3 is 0 Å². The molecule has 1 heterocycles. The molecule has 1 aromatic rings. The molecule has 0 aliphatic carbocycles. The lowest BCUT2D eigenvalue weighted by Crippen LogP contribution is -2.39. The first-order chi connectivity index (χ1) is 8.82. The Hall–Kier alpha value is -1.40. The molecule has 2 atom stereocenters. The van der Waals surface area contributed by atoms with Crippen molar-refractivity contribution in [1.82, 2.24) is 4.90 Å². The molecule has 0 bridgehead atoms. The Morgan fingerprint density at radius 1 is 1.32 bits per heavy atom. The van der Waals surface area contributed by atoms with Crippen LogP contribution in [0, 0.1) is 30.0 Å². The van der Waals surface area contributed by atoms with Crippen LogP contribution in [0.2, 0.25) is 0 Å². The van der Waals surface area contributed by atoms with Crippen LogP contribution in [0.1, 0.15) is 37.8 Å². The molecule has 3 heteroatoms. The summed E-state index contributed by atoms with van der Waals surface area (Å²) in [4.78, 5) is 2.27. The summed E-state index contributed by atoms with van der Waals surface area (Å²) in [5.41, 5.74) is 1.62. The van der Waals surface area contributed by atoms with E-state index in [-0.39, 0.29) is 23.2 Å². The van der Waals surface area contributed by atoms with Crippen molar-refractivity contribution in [2.45, 2.75) is 39.2 Å². The highest BCUT2D eigenvalue weighted by Gasteiger charge is 2.39. The zero-order valence-electron chi connectivity index (χ0n) is 12.1. The first kappa shape index (κ1) is 14.0. The van der Waals surface area contributed by atoms with Gasteiger partial charge in [-0.3, -0.25) is 4.90 Å². The van der Waals surface area contributed by atoms with Crippen LogP contribution < -0.4 is 0 Å². The predicted octanol–water partition coefficient (Wildman–Crippen LogP) is 3.47. The molecule has 0 N–H and O–H groups in total. The molecule has 1 aliphatic heterocycles. The maximum absolute atomic E-state index is 14.1. The summed E-state index contributed by atoms with van der Waals surface area (Å²) in [6, 6.07) is 7.67. The average molecular weight is 260 g/mol. The largest absolute Gasteiger partial charge is 0.297 e. The first-order valence-electron chi connectivity index (χ1n) is 6.73. The van der Waals surface area contributed by atoms with Crippen LogP contribution in [-0.4, -0.2) is 23.5 Å². The van der Waals surface area contributed by atoms with E-state index in [1.165, 1.54) is 0 Å². The third kappa shape index (κ3) is 2.79. The van der Waals surface area contributed by atoms with Crippen molar-refractivity contribution < 1.29 is 4.39 Å². The molecule has 102 valence electrons. The van der Waals surface area contributed by atoms with Gasteiger partial charge in [0.25, 0.3) is 0 Å². The Kier molecular flexibility index (Phi) is 3.64. The van der Waals surface area contributed by atoms with E-state index in [1.54, 1.807) is 6.07 Å². The fraction of sp³-hybridized carbons (Fsp3) is 0.562. The lowest BCUT2D eigenvalue weighted by atomic mass is 9.89. The zero-order valence-corrected chi connectivity index (χ0v) is 12.1. The molecular weight excluding hydrogens is 239 g/mol. The summed E-state index contributed by atoms with van der Waals surface area (Å²) >= 11 is 0. The molecule has 0 spiro atoms. The molecule has 1 aromatic carbocycles. The highest BCUT2D eigenvalue weighted by Crippen LogP contribution is 2.36. The van der Waals surface area contributed by atoms with Crippen LogP contribution in [0.25, 0.3) is 0 Å². The maximum Gasteiger partial charge on any atom is 0.127 e. The molecule has 1 aliphatic rings. The van der Waals surface area contributed by atoms with Gasteiger partial charge in [0.1, 0.15) is 5.82 Å². The summed E-state index contributed by atoms with van der Waals surface area (Å²) in [6.07, 6.45) is 0. The summed E-state index contributed by atoms with van der Waals surface area (Å²) in [6.45, 7) is 9.75. The number of hydrogen-bond acceptors (Lipinski definition) is 2. The van der Waals surface area contributed by atoms with Gasteiger partial charge < -0.3 is 0 Å². The molecule has 0 aromatic heterocycles. The van der Waals surface area contributed by atoms with Crippen LogP contribution in [0.4, 0.5) is 4.39 Å². The summed E-state index contributed by atoms with van der Waals surface area (Å²) in [5.74, 6) is -0.331. The van der Waals surface area contributed by atoms with E-state index < -0.39 is 0 Å². The third-order valence-electron chi connectivity index (χ3n) is 3.99. The van der Waals surface area contributed by atoms with E-state index in [1.807, 2.05) is 19.1 Å². The minimum absolute atomic E-state index is 0.0189. The van der Waals surface area contributed by atoms with Gasteiger partial charge in [0.2, 0.25) is 0 Å². The fourth-order valence-corrected chi connectivity index (χ4v) is 2.73. The van der Waals surface area contributed by atoms with Gasteiger partial charge in [-0.2, -0.15) is 5.26 Å². The number of aryl methyl sites for hydroxylation is 1. The van der Waals surface area contributed by atoms with Crippen molar-refractivity contribution in [3.8, 4) is 6.07 Å². The number of nitrogens with zero attached hydrogens (tertiary/aromatic N) is 2. The van der Waals surface area contributed by atoms with Gasteiger partial charge in [-0.25, -0.2) is 4.39 Å². The van der Waals surface area contributed by atoms with Crippen LogP contribution in [0.15, 0.2) is 18.2 Å². The van der Waals surface area contributed by atoms with Gasteiger partial charge in [-0.15, -0.1) is 0 Å².